The molecule has 4 rings (SSSR count). The first kappa shape index (κ1) is 17.0. The summed E-state index contributed by atoms with van der Waals surface area (Å²) in [6.45, 7) is 4.68. The third-order valence-electron chi connectivity index (χ3n) is 4.73. The highest BCUT2D eigenvalue weighted by Gasteiger charge is 2.16. The van der Waals surface area contributed by atoms with Crippen LogP contribution in [0, 0.1) is 6.92 Å². The Morgan fingerprint density at radius 3 is 2.65 bits per heavy atom. The van der Waals surface area contributed by atoms with Gasteiger partial charge in [-0.15, -0.1) is 0 Å². The Morgan fingerprint density at radius 2 is 1.85 bits per heavy atom. The summed E-state index contributed by atoms with van der Waals surface area (Å²) in [6.07, 6.45) is 2.84. The number of nitrogens with one attached hydrogen (secondary N) is 1. The van der Waals surface area contributed by atoms with Crippen molar-refractivity contribution in [1.29, 1.82) is 0 Å². The maximum absolute atomic E-state index is 5.99. The van der Waals surface area contributed by atoms with E-state index >= 15 is 0 Å². The lowest BCUT2D eigenvalue weighted by Crippen LogP contribution is -2.34. The number of aromatic nitrogens is 2. The van der Waals surface area contributed by atoms with Crippen LogP contribution in [0.25, 0.3) is 11.1 Å². The summed E-state index contributed by atoms with van der Waals surface area (Å²) >= 11 is 5.99. The molecule has 0 radical (unpaired) electrons. The smallest absolute Gasteiger partial charge is 0.130 e. The van der Waals surface area contributed by atoms with Crippen LogP contribution < -0.4 is 5.32 Å². The van der Waals surface area contributed by atoms with E-state index in [1.807, 2.05) is 25.1 Å². The summed E-state index contributed by atoms with van der Waals surface area (Å²) in [4.78, 5) is 10.9. The van der Waals surface area contributed by atoms with Gasteiger partial charge in [0.1, 0.15) is 11.6 Å². The van der Waals surface area contributed by atoms with Crippen LogP contribution in [-0.2, 0) is 13.0 Å². The topological polar surface area (TPSA) is 41.1 Å². The molecule has 0 saturated heterocycles. The second-order valence-corrected chi connectivity index (χ2v) is 7.05. The van der Waals surface area contributed by atoms with Crippen molar-refractivity contribution in [2.24, 2.45) is 0 Å². The third-order valence-corrected chi connectivity index (χ3v) is 4.99. The van der Waals surface area contributed by atoms with E-state index in [0.29, 0.717) is 0 Å². The highest BCUT2D eigenvalue weighted by molar-refractivity contribution is 6.30. The maximum Gasteiger partial charge on any atom is 0.130 e. The van der Waals surface area contributed by atoms with Gasteiger partial charge < -0.3 is 5.32 Å². The van der Waals surface area contributed by atoms with Crippen molar-refractivity contribution in [3.8, 4) is 11.1 Å². The van der Waals surface area contributed by atoms with Crippen LogP contribution >= 0.6 is 11.6 Å². The van der Waals surface area contributed by atoms with Crippen molar-refractivity contribution in [3.63, 3.8) is 0 Å². The summed E-state index contributed by atoms with van der Waals surface area (Å²) in [5, 5.41) is 4.16. The summed E-state index contributed by atoms with van der Waals surface area (Å²) in [6, 6.07) is 16.7. The molecule has 0 unspecified atom stereocenters. The largest absolute Gasteiger partial charge is 0.357 e. The highest BCUT2D eigenvalue weighted by Crippen LogP contribution is 2.27. The molecule has 0 aliphatic carbocycles. The lowest BCUT2D eigenvalue weighted by molar-refractivity contribution is 0.272. The van der Waals surface area contributed by atoms with E-state index in [1.54, 1.807) is 6.20 Å². The van der Waals surface area contributed by atoms with Crippen molar-refractivity contribution in [2.45, 2.75) is 19.9 Å². The van der Waals surface area contributed by atoms with E-state index in [-0.39, 0.29) is 0 Å². The first-order chi connectivity index (χ1) is 12.7. The van der Waals surface area contributed by atoms with Crippen molar-refractivity contribution in [2.75, 3.05) is 18.5 Å². The monoisotopic (exact) mass is 364 g/mol. The van der Waals surface area contributed by atoms with Crippen molar-refractivity contribution >= 4 is 17.4 Å². The van der Waals surface area contributed by atoms with Crippen LogP contribution in [0.3, 0.4) is 0 Å². The zero-order valence-corrected chi connectivity index (χ0v) is 15.5. The predicted molar refractivity (Wildman–Crippen MR) is 106 cm³/mol. The number of hydrogen-bond donors (Lipinski definition) is 1. The Balaban J connectivity index is 1.43. The van der Waals surface area contributed by atoms with Crippen LogP contribution in [0.4, 0.5) is 5.82 Å². The lowest BCUT2D eigenvalue weighted by atomic mass is 9.95. The molecule has 0 fully saturated rings. The Hall–Kier alpha value is -2.43. The van der Waals surface area contributed by atoms with Gasteiger partial charge >= 0.3 is 0 Å². The molecule has 1 aromatic heterocycles. The Labute approximate surface area is 158 Å². The molecule has 1 aliphatic heterocycles. The number of rotatable bonds is 4. The quantitative estimate of drug-likeness (QED) is 0.738. The first-order valence-electron chi connectivity index (χ1n) is 8.81. The molecule has 2 heterocycles. The zero-order chi connectivity index (χ0) is 17.9. The van der Waals surface area contributed by atoms with Crippen molar-refractivity contribution < 1.29 is 0 Å². The number of benzene rings is 2. The Bertz CT molecular complexity index is 908. The molecule has 0 spiro atoms. The van der Waals surface area contributed by atoms with Crippen LogP contribution in [0.1, 0.15) is 17.0 Å². The minimum atomic E-state index is 0.772. The van der Waals surface area contributed by atoms with E-state index in [4.69, 9.17) is 11.6 Å². The Kier molecular flexibility index (Phi) is 4.87. The van der Waals surface area contributed by atoms with E-state index in [2.05, 4.69) is 50.5 Å². The fraction of sp³-hybridized carbons (Fsp3) is 0.238. The average molecular weight is 365 g/mol. The van der Waals surface area contributed by atoms with E-state index in [9.17, 15) is 0 Å². The summed E-state index contributed by atoms with van der Waals surface area (Å²) in [7, 11) is 0. The molecule has 26 heavy (non-hydrogen) atoms. The fourth-order valence-corrected chi connectivity index (χ4v) is 3.44. The lowest BCUT2D eigenvalue weighted by Gasteiger charge is -2.29. The van der Waals surface area contributed by atoms with E-state index in [1.165, 1.54) is 22.3 Å². The van der Waals surface area contributed by atoms with Gasteiger partial charge in [-0.1, -0.05) is 41.9 Å². The van der Waals surface area contributed by atoms with Gasteiger partial charge in [-0.3, -0.25) is 4.90 Å². The van der Waals surface area contributed by atoms with Gasteiger partial charge in [0.15, 0.2) is 0 Å². The molecule has 132 valence electrons. The molecule has 2 aromatic carbocycles. The minimum absolute atomic E-state index is 0.772. The molecule has 1 N–H and O–H groups in total. The van der Waals surface area contributed by atoms with Crippen molar-refractivity contribution in [1.82, 2.24) is 14.9 Å². The second-order valence-electron chi connectivity index (χ2n) is 6.62. The van der Waals surface area contributed by atoms with E-state index in [0.717, 1.165) is 42.8 Å². The van der Waals surface area contributed by atoms with Crippen LogP contribution in [0.5, 0.6) is 0 Å². The SMILES string of the molecule is Cc1nccc(NCN2CCc3cc(-c4ccc(Cl)cc4)ccc3C2)n1. The zero-order valence-electron chi connectivity index (χ0n) is 14.7. The standard InChI is InChI=1S/C21H21ClN4/c1-15-23-10-8-21(25-15)24-14-26-11-9-18-12-17(2-3-19(18)13-26)16-4-6-20(22)7-5-16/h2-8,10,12H,9,11,13-14H2,1H3,(H,23,24,25). The molecular formula is C21H21ClN4. The van der Waals surface area contributed by atoms with E-state index < -0.39 is 0 Å². The number of fused-ring (bicyclic) bond motifs is 1. The van der Waals surface area contributed by atoms with Crippen LogP contribution in [-0.4, -0.2) is 28.1 Å². The number of nitrogens with zero attached hydrogens (tertiary/aromatic N) is 3. The van der Waals surface area contributed by atoms with Gasteiger partial charge in [0.2, 0.25) is 0 Å². The first-order valence-corrected chi connectivity index (χ1v) is 9.19. The van der Waals surface area contributed by atoms with Crippen LogP contribution in [0.15, 0.2) is 54.7 Å². The van der Waals surface area contributed by atoms with Gasteiger partial charge in [0.25, 0.3) is 0 Å². The minimum Gasteiger partial charge on any atom is -0.357 e. The average Bonchev–Trinajstić information content (AvgIpc) is 2.66. The summed E-state index contributed by atoms with van der Waals surface area (Å²) < 4.78 is 0. The normalized spacial score (nSPS) is 14.1. The fourth-order valence-electron chi connectivity index (χ4n) is 3.32. The number of halogens is 1. The maximum atomic E-state index is 5.99. The molecule has 4 nitrogen and oxygen atoms in total. The van der Waals surface area contributed by atoms with Crippen molar-refractivity contribution in [3.05, 3.63) is 76.7 Å². The van der Waals surface area contributed by atoms with Gasteiger partial charge in [-0.05, 0) is 53.8 Å². The third kappa shape index (κ3) is 3.87. The molecule has 0 amide bonds. The van der Waals surface area contributed by atoms with Gasteiger partial charge in [-0.25, -0.2) is 9.97 Å². The molecule has 0 atom stereocenters. The number of hydrogen-bond acceptors (Lipinski definition) is 4. The molecule has 0 saturated carbocycles. The summed E-state index contributed by atoms with van der Waals surface area (Å²) in [5.41, 5.74) is 5.30. The van der Waals surface area contributed by atoms with Gasteiger partial charge in [0.05, 0.1) is 6.67 Å². The van der Waals surface area contributed by atoms with Gasteiger partial charge in [-0.2, -0.15) is 0 Å². The number of anilines is 1. The summed E-state index contributed by atoms with van der Waals surface area (Å²) in [5.74, 6) is 1.66. The Morgan fingerprint density at radius 1 is 1.04 bits per heavy atom. The highest BCUT2D eigenvalue weighted by atomic mass is 35.5. The molecule has 0 bridgehead atoms. The van der Waals surface area contributed by atoms with Gasteiger partial charge in [0, 0.05) is 24.3 Å². The number of aryl methyl sites for hydroxylation is 1. The van der Waals surface area contributed by atoms with Crippen LogP contribution in [0.2, 0.25) is 5.02 Å². The predicted octanol–water partition coefficient (Wildman–Crippen LogP) is 4.53. The molecule has 5 heteroatoms. The molecular weight excluding hydrogens is 344 g/mol. The second kappa shape index (κ2) is 7.44. The molecule has 1 aliphatic rings. The molecule has 3 aromatic rings.